The lowest BCUT2D eigenvalue weighted by Gasteiger charge is -2.16. The van der Waals surface area contributed by atoms with Gasteiger partial charge in [0.2, 0.25) is 5.15 Å². The fraction of sp³-hybridized carbons (Fsp3) is 0.786. The van der Waals surface area contributed by atoms with E-state index < -0.39 is 4.92 Å². The summed E-state index contributed by atoms with van der Waals surface area (Å²) in [5, 5.41) is 16.0. The molecule has 1 saturated carbocycles. The van der Waals surface area contributed by atoms with Crippen LogP contribution in [-0.4, -0.2) is 14.7 Å². The van der Waals surface area contributed by atoms with Crippen molar-refractivity contribution in [2.45, 2.75) is 70.8 Å². The zero-order valence-corrected chi connectivity index (χ0v) is 13.1. The zero-order chi connectivity index (χ0) is 14.9. The Morgan fingerprint density at radius 1 is 1.25 bits per heavy atom. The summed E-state index contributed by atoms with van der Waals surface area (Å²) >= 11 is 6.28. The highest BCUT2D eigenvalue weighted by molar-refractivity contribution is 6.31. The summed E-state index contributed by atoms with van der Waals surface area (Å²) in [6, 6.07) is 0.194. The fourth-order valence-electron chi connectivity index (χ4n) is 2.82. The Hall–Kier alpha value is -1.10. The number of rotatable bonds is 2. The van der Waals surface area contributed by atoms with Gasteiger partial charge >= 0.3 is 5.69 Å². The summed E-state index contributed by atoms with van der Waals surface area (Å²) in [4.78, 5) is 10.9. The normalized spacial score (nSPS) is 18.0. The van der Waals surface area contributed by atoms with Crippen molar-refractivity contribution in [3.05, 3.63) is 21.0 Å². The number of nitrogens with zero attached hydrogens (tertiary/aromatic N) is 3. The molecule has 0 aromatic carbocycles. The minimum absolute atomic E-state index is 0.0246. The highest BCUT2D eigenvalue weighted by Crippen LogP contribution is 2.39. The smallest absolute Gasteiger partial charge is 0.258 e. The second-order valence-electron chi connectivity index (χ2n) is 6.59. The average Bonchev–Trinajstić information content (AvgIpc) is 2.54. The van der Waals surface area contributed by atoms with Gasteiger partial charge in [-0.1, -0.05) is 58.1 Å². The molecule has 0 bridgehead atoms. The Kier molecular flexibility index (Phi) is 4.37. The van der Waals surface area contributed by atoms with Gasteiger partial charge in [-0.05, 0) is 12.8 Å². The van der Waals surface area contributed by atoms with Crippen molar-refractivity contribution in [2.75, 3.05) is 0 Å². The van der Waals surface area contributed by atoms with Gasteiger partial charge in [0.05, 0.1) is 11.0 Å². The molecule has 2 rings (SSSR count). The van der Waals surface area contributed by atoms with Gasteiger partial charge in [-0.15, -0.1) is 0 Å². The molecule has 0 unspecified atom stereocenters. The number of aromatic nitrogens is 2. The number of nitro groups is 1. The molecule has 0 saturated heterocycles. The van der Waals surface area contributed by atoms with Crippen molar-refractivity contribution in [1.82, 2.24) is 9.78 Å². The van der Waals surface area contributed by atoms with Gasteiger partial charge in [0.25, 0.3) is 0 Å². The molecule has 1 aromatic heterocycles. The summed E-state index contributed by atoms with van der Waals surface area (Å²) in [5.41, 5.74) is 0.0716. The maximum absolute atomic E-state index is 11.3. The predicted molar refractivity (Wildman–Crippen MR) is 79.3 cm³/mol. The molecule has 0 atom stereocenters. The van der Waals surface area contributed by atoms with Crippen molar-refractivity contribution in [3.8, 4) is 0 Å². The van der Waals surface area contributed by atoms with Crippen LogP contribution < -0.4 is 0 Å². The van der Waals surface area contributed by atoms with Crippen LogP contribution in [0.2, 0.25) is 5.15 Å². The molecular weight excluding hydrogens is 278 g/mol. The van der Waals surface area contributed by atoms with Crippen LogP contribution in [0, 0.1) is 10.1 Å². The molecule has 1 aromatic rings. The largest absolute Gasteiger partial charge is 0.329 e. The molecule has 5 nitrogen and oxygen atoms in total. The molecule has 1 aliphatic carbocycles. The molecule has 0 N–H and O–H groups in total. The van der Waals surface area contributed by atoms with Crippen molar-refractivity contribution < 1.29 is 4.92 Å². The third-order valence-electron chi connectivity index (χ3n) is 3.89. The summed E-state index contributed by atoms with van der Waals surface area (Å²) < 4.78 is 1.70. The highest BCUT2D eigenvalue weighted by atomic mass is 35.5. The summed E-state index contributed by atoms with van der Waals surface area (Å²) in [6.07, 6.45) is 6.73. The third kappa shape index (κ3) is 2.97. The van der Waals surface area contributed by atoms with E-state index in [4.69, 9.17) is 11.6 Å². The maximum Gasteiger partial charge on any atom is 0.329 e. The second kappa shape index (κ2) is 5.72. The van der Waals surface area contributed by atoms with Crippen molar-refractivity contribution >= 4 is 17.3 Å². The summed E-state index contributed by atoms with van der Waals surface area (Å²) in [5.74, 6) is 0. The molecule has 0 spiro atoms. The second-order valence-corrected chi connectivity index (χ2v) is 6.94. The lowest BCUT2D eigenvalue weighted by atomic mass is 9.91. The van der Waals surface area contributed by atoms with Gasteiger partial charge in [-0.25, -0.2) is 4.68 Å². The zero-order valence-electron chi connectivity index (χ0n) is 12.4. The Labute approximate surface area is 124 Å². The van der Waals surface area contributed by atoms with Crippen LogP contribution in [-0.2, 0) is 5.41 Å². The fourth-order valence-corrected chi connectivity index (χ4v) is 3.15. The van der Waals surface area contributed by atoms with Gasteiger partial charge in [0, 0.05) is 5.41 Å². The van der Waals surface area contributed by atoms with Gasteiger partial charge in [-0.3, -0.25) is 10.1 Å². The van der Waals surface area contributed by atoms with E-state index in [1.54, 1.807) is 4.68 Å². The summed E-state index contributed by atoms with van der Waals surface area (Å²) in [6.45, 7) is 5.78. The molecule has 6 heteroatoms. The predicted octanol–water partition coefficient (Wildman–Crippen LogP) is 4.64. The van der Waals surface area contributed by atoms with Gasteiger partial charge < -0.3 is 0 Å². The van der Waals surface area contributed by atoms with Crippen LogP contribution in [0.15, 0.2) is 0 Å². The quantitative estimate of drug-likeness (QED) is 0.454. The van der Waals surface area contributed by atoms with Gasteiger partial charge in [0.1, 0.15) is 5.69 Å². The molecule has 1 heterocycles. The third-order valence-corrected chi connectivity index (χ3v) is 4.24. The van der Waals surface area contributed by atoms with Crippen molar-refractivity contribution in [2.24, 2.45) is 0 Å². The van der Waals surface area contributed by atoms with Crippen LogP contribution in [0.4, 0.5) is 5.69 Å². The van der Waals surface area contributed by atoms with E-state index in [0.29, 0.717) is 5.69 Å². The summed E-state index contributed by atoms with van der Waals surface area (Å²) in [7, 11) is 0. The van der Waals surface area contributed by atoms with E-state index in [2.05, 4.69) is 5.10 Å². The van der Waals surface area contributed by atoms with E-state index in [1.165, 1.54) is 12.8 Å². The first kappa shape index (κ1) is 15.3. The van der Waals surface area contributed by atoms with E-state index in [1.807, 2.05) is 20.8 Å². The van der Waals surface area contributed by atoms with Gasteiger partial charge in [-0.2, -0.15) is 5.10 Å². The standard InChI is InChI=1S/C14H22ClN3O2/c1-14(2,3)12-11(18(19)20)13(15)17(16-12)10-8-6-4-5-7-9-10/h10H,4-9H2,1-3H3. The Morgan fingerprint density at radius 3 is 2.20 bits per heavy atom. The lowest BCUT2D eigenvalue weighted by molar-refractivity contribution is -0.385. The van der Waals surface area contributed by atoms with Crippen LogP contribution in [0.3, 0.4) is 0 Å². The van der Waals surface area contributed by atoms with Crippen molar-refractivity contribution in [3.63, 3.8) is 0 Å². The van der Waals surface area contributed by atoms with Crippen molar-refractivity contribution in [1.29, 1.82) is 0 Å². The minimum Gasteiger partial charge on any atom is -0.258 e. The molecular formula is C14H22ClN3O2. The number of hydrogen-bond donors (Lipinski definition) is 0. The Balaban J connectivity index is 2.46. The first-order chi connectivity index (χ1) is 9.32. The van der Waals surface area contributed by atoms with Gasteiger partial charge in [0.15, 0.2) is 0 Å². The molecule has 112 valence electrons. The molecule has 20 heavy (non-hydrogen) atoms. The first-order valence-electron chi connectivity index (χ1n) is 7.25. The van der Waals surface area contributed by atoms with E-state index >= 15 is 0 Å². The van der Waals surface area contributed by atoms with E-state index in [-0.39, 0.29) is 22.3 Å². The maximum atomic E-state index is 11.3. The van der Waals surface area contributed by atoms with Crippen LogP contribution in [0.5, 0.6) is 0 Å². The highest BCUT2D eigenvalue weighted by Gasteiger charge is 2.35. The SMILES string of the molecule is CC(C)(C)c1nn(C2CCCCCC2)c(Cl)c1[N+](=O)[O-]. The topological polar surface area (TPSA) is 61.0 Å². The average molecular weight is 300 g/mol. The van der Waals surface area contributed by atoms with Crippen LogP contribution in [0.1, 0.15) is 71.0 Å². The monoisotopic (exact) mass is 299 g/mol. The molecule has 1 aliphatic rings. The minimum atomic E-state index is -0.400. The Morgan fingerprint density at radius 2 is 1.80 bits per heavy atom. The van der Waals surface area contributed by atoms with E-state index in [9.17, 15) is 10.1 Å². The van der Waals surface area contributed by atoms with Crippen LogP contribution >= 0.6 is 11.6 Å². The van der Waals surface area contributed by atoms with E-state index in [0.717, 1.165) is 25.7 Å². The molecule has 0 amide bonds. The lowest BCUT2D eigenvalue weighted by Crippen LogP contribution is -2.16. The molecule has 0 radical (unpaired) electrons. The number of halogens is 1. The number of hydrogen-bond acceptors (Lipinski definition) is 3. The Bertz CT molecular complexity index is 497. The first-order valence-corrected chi connectivity index (χ1v) is 7.63. The molecule has 1 fully saturated rings. The molecule has 0 aliphatic heterocycles. The van der Waals surface area contributed by atoms with Crippen LogP contribution in [0.25, 0.3) is 0 Å².